The van der Waals surface area contributed by atoms with Crippen molar-refractivity contribution in [2.45, 2.75) is 32.4 Å². The first-order chi connectivity index (χ1) is 9.44. The van der Waals surface area contributed by atoms with Crippen molar-refractivity contribution in [3.8, 4) is 0 Å². The van der Waals surface area contributed by atoms with Crippen molar-refractivity contribution < 1.29 is 13.2 Å². The van der Waals surface area contributed by atoms with E-state index in [0.29, 0.717) is 13.0 Å². The van der Waals surface area contributed by atoms with Crippen LogP contribution in [0.25, 0.3) is 0 Å². The predicted molar refractivity (Wildman–Crippen MR) is 92.8 cm³/mol. The smallest absolute Gasteiger partial charge is 0.239 e. The molecule has 2 aliphatic rings. The van der Waals surface area contributed by atoms with Gasteiger partial charge in [-0.05, 0) is 20.3 Å². The number of carbonyl (C=O) groups excluding carboxylic acids is 1. The molecule has 0 spiro atoms. The third kappa shape index (κ3) is 5.23. The highest BCUT2D eigenvalue weighted by atomic mass is 35.5. The van der Waals surface area contributed by atoms with Crippen molar-refractivity contribution in [3.63, 3.8) is 0 Å². The van der Waals surface area contributed by atoms with E-state index in [1.807, 2.05) is 13.8 Å². The van der Waals surface area contributed by atoms with Crippen LogP contribution in [0.2, 0.25) is 0 Å². The number of piperazine rings is 1. The lowest BCUT2D eigenvalue weighted by molar-refractivity contribution is -0.138. The highest BCUT2D eigenvalue weighted by Crippen LogP contribution is 2.19. The molecule has 0 aliphatic carbocycles. The molecule has 2 heterocycles. The highest BCUT2D eigenvalue weighted by Gasteiger charge is 2.36. The Morgan fingerprint density at radius 3 is 2.36 bits per heavy atom. The minimum absolute atomic E-state index is 0. The van der Waals surface area contributed by atoms with E-state index in [0.717, 1.165) is 26.2 Å². The zero-order chi connectivity index (χ0) is 14.8. The summed E-state index contributed by atoms with van der Waals surface area (Å²) >= 11 is 0. The Balaban J connectivity index is 0.00000220. The van der Waals surface area contributed by atoms with Crippen molar-refractivity contribution in [2.24, 2.45) is 0 Å². The average Bonchev–Trinajstić information content (AvgIpc) is 2.79. The van der Waals surface area contributed by atoms with Gasteiger partial charge in [0.1, 0.15) is 0 Å². The third-order valence-electron chi connectivity index (χ3n) is 4.33. The molecule has 1 amide bonds. The molecule has 132 valence electrons. The zero-order valence-electron chi connectivity index (χ0n) is 13.2. The summed E-state index contributed by atoms with van der Waals surface area (Å²) in [5, 5.41) is 3.27. The second kappa shape index (κ2) is 9.27. The Kier molecular flexibility index (Phi) is 9.24. The van der Waals surface area contributed by atoms with E-state index in [4.69, 9.17) is 0 Å². The van der Waals surface area contributed by atoms with Crippen LogP contribution in [-0.4, -0.2) is 80.4 Å². The van der Waals surface area contributed by atoms with E-state index >= 15 is 0 Å². The van der Waals surface area contributed by atoms with E-state index < -0.39 is 9.84 Å². The monoisotopic (exact) mass is 375 g/mol. The van der Waals surface area contributed by atoms with Crippen LogP contribution >= 0.6 is 24.8 Å². The van der Waals surface area contributed by atoms with Crippen LogP contribution in [0, 0.1) is 0 Å². The molecule has 2 atom stereocenters. The van der Waals surface area contributed by atoms with Crippen LogP contribution in [0.4, 0.5) is 0 Å². The predicted octanol–water partition coefficient (Wildman–Crippen LogP) is 0.159. The summed E-state index contributed by atoms with van der Waals surface area (Å²) < 4.78 is 23.2. The molecule has 0 aromatic rings. The lowest BCUT2D eigenvalue weighted by atomic mass is 10.1. The lowest BCUT2D eigenvalue weighted by Gasteiger charge is -2.36. The number of amides is 1. The van der Waals surface area contributed by atoms with Gasteiger partial charge in [0.05, 0.1) is 17.5 Å². The van der Waals surface area contributed by atoms with Gasteiger partial charge in [-0.1, -0.05) is 0 Å². The summed E-state index contributed by atoms with van der Waals surface area (Å²) in [5.74, 6) is 0.404. The Bertz CT molecular complexity index is 455. The Labute approximate surface area is 145 Å². The molecule has 0 saturated carbocycles. The van der Waals surface area contributed by atoms with Gasteiger partial charge in [-0.25, -0.2) is 8.42 Å². The first-order valence-corrected chi connectivity index (χ1v) is 9.22. The molecule has 9 heteroatoms. The maximum absolute atomic E-state index is 12.6. The fraction of sp³-hybridized carbons (Fsp3) is 0.923. The molecule has 2 aliphatic heterocycles. The molecule has 6 nitrogen and oxygen atoms in total. The van der Waals surface area contributed by atoms with E-state index in [1.54, 1.807) is 4.90 Å². The van der Waals surface area contributed by atoms with Gasteiger partial charge in [-0.3, -0.25) is 9.69 Å². The molecule has 22 heavy (non-hydrogen) atoms. The number of nitrogens with zero attached hydrogens (tertiary/aromatic N) is 2. The third-order valence-corrected chi connectivity index (χ3v) is 6.08. The molecular weight excluding hydrogens is 349 g/mol. The second-order valence-corrected chi connectivity index (χ2v) is 7.87. The summed E-state index contributed by atoms with van der Waals surface area (Å²) in [6, 6.07) is -0.303. The van der Waals surface area contributed by atoms with Crippen LogP contribution < -0.4 is 5.32 Å². The summed E-state index contributed by atoms with van der Waals surface area (Å²) in [4.78, 5) is 16.6. The van der Waals surface area contributed by atoms with Gasteiger partial charge in [0, 0.05) is 38.8 Å². The molecule has 0 aromatic heterocycles. The van der Waals surface area contributed by atoms with Gasteiger partial charge in [0.15, 0.2) is 9.84 Å². The Morgan fingerprint density at radius 2 is 1.91 bits per heavy atom. The second-order valence-electron chi connectivity index (χ2n) is 5.64. The van der Waals surface area contributed by atoms with Crippen LogP contribution in [0.3, 0.4) is 0 Å². The minimum Gasteiger partial charge on any atom is -0.338 e. The average molecular weight is 376 g/mol. The number of carbonyl (C=O) groups is 1. The van der Waals surface area contributed by atoms with Crippen molar-refractivity contribution in [3.05, 3.63) is 0 Å². The Morgan fingerprint density at radius 1 is 1.32 bits per heavy atom. The first-order valence-electron chi connectivity index (χ1n) is 7.40. The number of hydrogen-bond acceptors (Lipinski definition) is 5. The maximum Gasteiger partial charge on any atom is 0.239 e. The summed E-state index contributed by atoms with van der Waals surface area (Å²) in [6.45, 7) is 7.98. The minimum atomic E-state index is -2.95. The Hall–Kier alpha value is -0.0800. The molecule has 2 rings (SSSR count). The SMILES string of the molecule is CCN(C(=O)C(C)N1CCNCC1)C1CCS(=O)(=O)C1.Cl.Cl. The van der Waals surface area contributed by atoms with Crippen molar-refractivity contribution >= 4 is 40.6 Å². The largest absolute Gasteiger partial charge is 0.338 e. The van der Waals surface area contributed by atoms with Gasteiger partial charge in [0.25, 0.3) is 0 Å². The van der Waals surface area contributed by atoms with Gasteiger partial charge < -0.3 is 10.2 Å². The van der Waals surface area contributed by atoms with Gasteiger partial charge in [-0.2, -0.15) is 0 Å². The van der Waals surface area contributed by atoms with Gasteiger partial charge in [-0.15, -0.1) is 24.8 Å². The van der Waals surface area contributed by atoms with Crippen molar-refractivity contribution in [1.82, 2.24) is 15.1 Å². The van der Waals surface area contributed by atoms with E-state index in [-0.39, 0.29) is 54.3 Å². The first kappa shape index (κ1) is 21.9. The number of nitrogens with one attached hydrogen (secondary N) is 1. The summed E-state index contributed by atoms with van der Waals surface area (Å²) in [7, 11) is -2.95. The summed E-state index contributed by atoms with van der Waals surface area (Å²) in [6.07, 6.45) is 0.580. The normalized spacial score (nSPS) is 25.6. The van der Waals surface area contributed by atoms with Crippen LogP contribution in [0.15, 0.2) is 0 Å². The van der Waals surface area contributed by atoms with E-state index in [2.05, 4.69) is 10.2 Å². The number of hydrogen-bond donors (Lipinski definition) is 1. The van der Waals surface area contributed by atoms with Gasteiger partial charge in [0.2, 0.25) is 5.91 Å². The van der Waals surface area contributed by atoms with E-state index in [1.165, 1.54) is 0 Å². The molecule has 0 radical (unpaired) electrons. The number of likely N-dealkylation sites (N-methyl/N-ethyl adjacent to an activating group) is 1. The van der Waals surface area contributed by atoms with Crippen LogP contribution in [-0.2, 0) is 14.6 Å². The quantitative estimate of drug-likeness (QED) is 0.757. The molecule has 2 saturated heterocycles. The lowest BCUT2D eigenvalue weighted by Crippen LogP contribution is -2.55. The molecule has 0 bridgehead atoms. The van der Waals surface area contributed by atoms with Crippen molar-refractivity contribution in [1.29, 1.82) is 0 Å². The molecule has 2 fully saturated rings. The van der Waals surface area contributed by atoms with Gasteiger partial charge >= 0.3 is 0 Å². The fourth-order valence-corrected chi connectivity index (χ4v) is 4.81. The fourth-order valence-electron chi connectivity index (χ4n) is 3.08. The molecule has 0 aromatic carbocycles. The van der Waals surface area contributed by atoms with Crippen LogP contribution in [0.1, 0.15) is 20.3 Å². The standard InChI is InChI=1S/C13H25N3O3S.2ClH/c1-3-16(12-4-9-20(18,19)10-12)13(17)11(2)15-7-5-14-6-8-15;;/h11-12,14H,3-10H2,1-2H3;2*1H. The molecular formula is C13H27Cl2N3O3S. The summed E-state index contributed by atoms with van der Waals surface area (Å²) in [5.41, 5.74) is 0. The number of halogens is 2. The molecule has 1 N–H and O–H groups in total. The maximum atomic E-state index is 12.6. The zero-order valence-corrected chi connectivity index (χ0v) is 15.6. The topological polar surface area (TPSA) is 69.7 Å². The van der Waals surface area contributed by atoms with Crippen molar-refractivity contribution in [2.75, 3.05) is 44.2 Å². The van der Waals surface area contributed by atoms with Crippen LogP contribution in [0.5, 0.6) is 0 Å². The number of rotatable bonds is 4. The highest BCUT2D eigenvalue weighted by molar-refractivity contribution is 7.91. The molecule has 2 unspecified atom stereocenters. The number of sulfone groups is 1. The van der Waals surface area contributed by atoms with E-state index in [9.17, 15) is 13.2 Å².